The quantitative estimate of drug-likeness (QED) is 0.834. The highest BCUT2D eigenvalue weighted by Crippen LogP contribution is 2.36. The van der Waals surface area contributed by atoms with Crippen molar-refractivity contribution in [2.45, 2.75) is 25.9 Å². The third-order valence-corrected chi connectivity index (χ3v) is 3.79. The molecule has 2 aromatic carbocycles. The van der Waals surface area contributed by atoms with Crippen LogP contribution >= 0.6 is 0 Å². The number of anilines is 1. The van der Waals surface area contributed by atoms with Gasteiger partial charge >= 0.3 is 6.36 Å². The normalized spacial score (nSPS) is 16.5. The summed E-state index contributed by atoms with van der Waals surface area (Å²) in [5.74, 6) is -0.175. The molecule has 1 atom stereocenters. The maximum Gasteiger partial charge on any atom is 0.573 e. The van der Waals surface area contributed by atoms with Crippen LogP contribution in [0.5, 0.6) is 11.5 Å². The first kappa shape index (κ1) is 17.6. The van der Waals surface area contributed by atoms with Crippen molar-refractivity contribution < 1.29 is 27.4 Å². The third kappa shape index (κ3) is 3.72. The molecule has 134 valence electrons. The first-order chi connectivity index (χ1) is 12.3. The van der Waals surface area contributed by atoms with Gasteiger partial charge in [0.2, 0.25) is 0 Å². The van der Waals surface area contributed by atoms with Gasteiger partial charge in [-0.3, -0.25) is 4.79 Å². The van der Waals surface area contributed by atoms with Crippen molar-refractivity contribution in [3.8, 4) is 17.6 Å². The third-order valence-electron chi connectivity index (χ3n) is 3.79. The molecule has 0 spiro atoms. The summed E-state index contributed by atoms with van der Waals surface area (Å²) in [6, 6.07) is 12.0. The van der Waals surface area contributed by atoms with Crippen molar-refractivity contribution in [1.82, 2.24) is 0 Å². The number of benzene rings is 2. The maximum atomic E-state index is 12.5. The molecule has 0 saturated carbocycles. The molecule has 1 heterocycles. The molecule has 0 aromatic heterocycles. The summed E-state index contributed by atoms with van der Waals surface area (Å²) in [5, 5.41) is 9.06. The van der Waals surface area contributed by atoms with Crippen LogP contribution in [0.25, 0.3) is 0 Å². The number of alkyl halides is 3. The lowest BCUT2D eigenvalue weighted by atomic mass is 10.1. The Labute approximate surface area is 147 Å². The summed E-state index contributed by atoms with van der Waals surface area (Å²) in [7, 11) is 0. The molecule has 1 unspecified atom stereocenters. The highest BCUT2D eigenvalue weighted by atomic mass is 19.4. The standard InChI is InChI=1S/C18H13F3N2O3/c1-11-17(24)23(15-8-13(9-22)4-7-16(15)25-11)10-12-2-5-14(6-3-12)26-18(19,20)21/h2-8,11H,10H2,1H3. The Bertz CT molecular complexity index is 873. The van der Waals surface area contributed by atoms with E-state index in [1.165, 1.54) is 29.2 Å². The summed E-state index contributed by atoms with van der Waals surface area (Å²) in [4.78, 5) is 13.9. The smallest absolute Gasteiger partial charge is 0.479 e. The van der Waals surface area contributed by atoms with E-state index < -0.39 is 12.5 Å². The average molecular weight is 362 g/mol. The summed E-state index contributed by atoms with van der Waals surface area (Å²) in [6.07, 6.45) is -5.47. The molecule has 8 heteroatoms. The number of hydrogen-bond donors (Lipinski definition) is 0. The van der Waals surface area contributed by atoms with Gasteiger partial charge in [-0.25, -0.2) is 0 Å². The monoisotopic (exact) mass is 362 g/mol. The zero-order valence-corrected chi connectivity index (χ0v) is 13.6. The van der Waals surface area contributed by atoms with Crippen LogP contribution in [0.1, 0.15) is 18.1 Å². The fraction of sp³-hybridized carbons (Fsp3) is 0.222. The molecule has 1 aliphatic heterocycles. The van der Waals surface area contributed by atoms with E-state index in [4.69, 9.17) is 10.00 Å². The minimum Gasteiger partial charge on any atom is -0.479 e. The summed E-state index contributed by atoms with van der Waals surface area (Å²) in [5.41, 5.74) is 1.42. The molecule has 0 bridgehead atoms. The van der Waals surface area contributed by atoms with Crippen LogP contribution in [-0.4, -0.2) is 18.4 Å². The van der Waals surface area contributed by atoms with Crippen molar-refractivity contribution in [2.75, 3.05) is 4.90 Å². The van der Waals surface area contributed by atoms with Crippen LogP contribution in [0, 0.1) is 11.3 Å². The molecule has 0 fully saturated rings. The maximum absolute atomic E-state index is 12.5. The Hall–Kier alpha value is -3.21. The fourth-order valence-corrected chi connectivity index (χ4v) is 2.62. The Morgan fingerprint density at radius 2 is 1.92 bits per heavy atom. The second-order valence-electron chi connectivity index (χ2n) is 5.67. The molecule has 5 nitrogen and oxygen atoms in total. The van der Waals surface area contributed by atoms with Gasteiger partial charge in [-0.05, 0) is 42.8 Å². The second-order valence-corrected chi connectivity index (χ2v) is 5.67. The lowest BCUT2D eigenvalue weighted by Crippen LogP contribution is -2.44. The van der Waals surface area contributed by atoms with Crippen LogP contribution in [0.4, 0.5) is 18.9 Å². The molecule has 0 aliphatic carbocycles. The van der Waals surface area contributed by atoms with Gasteiger partial charge in [0, 0.05) is 0 Å². The number of nitrogens with zero attached hydrogens (tertiary/aromatic N) is 2. The van der Waals surface area contributed by atoms with Crippen molar-refractivity contribution in [2.24, 2.45) is 0 Å². The van der Waals surface area contributed by atoms with Gasteiger partial charge in [0.05, 0.1) is 23.9 Å². The van der Waals surface area contributed by atoms with Gasteiger partial charge in [-0.1, -0.05) is 12.1 Å². The Morgan fingerprint density at radius 3 is 2.54 bits per heavy atom. The van der Waals surface area contributed by atoms with E-state index in [9.17, 15) is 18.0 Å². The van der Waals surface area contributed by atoms with Crippen LogP contribution in [0.3, 0.4) is 0 Å². The predicted molar refractivity (Wildman–Crippen MR) is 85.6 cm³/mol. The van der Waals surface area contributed by atoms with Gasteiger partial charge in [-0.15, -0.1) is 13.2 Å². The second kappa shape index (κ2) is 6.59. The molecular weight excluding hydrogens is 349 g/mol. The number of fused-ring (bicyclic) bond motifs is 1. The Kier molecular flexibility index (Phi) is 4.47. The largest absolute Gasteiger partial charge is 0.573 e. The van der Waals surface area contributed by atoms with Gasteiger partial charge in [0.1, 0.15) is 11.5 Å². The van der Waals surface area contributed by atoms with Gasteiger partial charge in [0.25, 0.3) is 5.91 Å². The minimum atomic E-state index is -4.76. The fourth-order valence-electron chi connectivity index (χ4n) is 2.62. The van der Waals surface area contributed by atoms with Crippen molar-refractivity contribution in [1.29, 1.82) is 5.26 Å². The van der Waals surface area contributed by atoms with Crippen molar-refractivity contribution >= 4 is 11.6 Å². The number of ether oxygens (including phenoxy) is 2. The van der Waals surface area contributed by atoms with Crippen LogP contribution in [0.2, 0.25) is 0 Å². The lowest BCUT2D eigenvalue weighted by Gasteiger charge is -2.33. The van der Waals surface area contributed by atoms with E-state index in [1.54, 1.807) is 25.1 Å². The summed E-state index contributed by atoms with van der Waals surface area (Å²) < 4.78 is 46.1. The van der Waals surface area contributed by atoms with Crippen molar-refractivity contribution in [3.63, 3.8) is 0 Å². The van der Waals surface area contributed by atoms with Gasteiger partial charge in [-0.2, -0.15) is 5.26 Å². The molecule has 0 radical (unpaired) electrons. The Balaban J connectivity index is 1.87. The number of carbonyl (C=O) groups is 1. The zero-order chi connectivity index (χ0) is 18.9. The van der Waals surface area contributed by atoms with E-state index in [1.807, 2.05) is 6.07 Å². The number of hydrogen-bond acceptors (Lipinski definition) is 4. The van der Waals surface area contributed by atoms with Gasteiger partial charge in [0.15, 0.2) is 6.10 Å². The molecular formula is C18H13F3N2O3. The van der Waals surface area contributed by atoms with E-state index in [-0.39, 0.29) is 18.2 Å². The predicted octanol–water partition coefficient (Wildman–Crippen LogP) is 3.77. The number of amides is 1. The highest BCUT2D eigenvalue weighted by Gasteiger charge is 2.32. The molecule has 0 saturated heterocycles. The molecule has 1 amide bonds. The topological polar surface area (TPSA) is 62.6 Å². The lowest BCUT2D eigenvalue weighted by molar-refractivity contribution is -0.274. The molecule has 26 heavy (non-hydrogen) atoms. The van der Waals surface area contributed by atoms with E-state index >= 15 is 0 Å². The Morgan fingerprint density at radius 1 is 1.23 bits per heavy atom. The highest BCUT2D eigenvalue weighted by molar-refractivity contribution is 5.99. The molecule has 1 aliphatic rings. The van der Waals surface area contributed by atoms with Crippen LogP contribution < -0.4 is 14.4 Å². The molecule has 3 rings (SSSR count). The number of carbonyl (C=O) groups excluding carboxylic acids is 1. The zero-order valence-electron chi connectivity index (χ0n) is 13.6. The summed E-state index contributed by atoms with van der Waals surface area (Å²) in [6.45, 7) is 1.73. The molecule has 2 aromatic rings. The molecule has 0 N–H and O–H groups in total. The number of nitriles is 1. The van der Waals surface area contributed by atoms with E-state index in [0.29, 0.717) is 22.6 Å². The van der Waals surface area contributed by atoms with E-state index in [0.717, 1.165) is 0 Å². The first-order valence-electron chi connectivity index (χ1n) is 7.64. The summed E-state index contributed by atoms with van der Waals surface area (Å²) >= 11 is 0. The van der Waals surface area contributed by atoms with Crippen molar-refractivity contribution in [3.05, 3.63) is 53.6 Å². The first-order valence-corrected chi connectivity index (χ1v) is 7.64. The SMILES string of the molecule is CC1Oc2ccc(C#N)cc2N(Cc2ccc(OC(F)(F)F)cc2)C1=O. The average Bonchev–Trinajstić information content (AvgIpc) is 2.59. The van der Waals surface area contributed by atoms with E-state index in [2.05, 4.69) is 4.74 Å². The number of rotatable bonds is 3. The van der Waals surface area contributed by atoms with Gasteiger partial charge < -0.3 is 14.4 Å². The van der Waals surface area contributed by atoms with Crippen LogP contribution in [-0.2, 0) is 11.3 Å². The minimum absolute atomic E-state index is 0.126. The van der Waals surface area contributed by atoms with Crippen LogP contribution in [0.15, 0.2) is 42.5 Å². The number of halogens is 3.